The first-order chi connectivity index (χ1) is 5.72. The van der Waals surface area contributed by atoms with Crippen LogP contribution in [0.25, 0.3) is 0 Å². The van der Waals surface area contributed by atoms with E-state index >= 15 is 0 Å². The van der Waals surface area contributed by atoms with Crippen molar-refractivity contribution in [2.24, 2.45) is 0 Å². The fourth-order valence-corrected chi connectivity index (χ4v) is 0.200. The van der Waals surface area contributed by atoms with Crippen LogP contribution < -0.4 is 0 Å². The Bertz CT molecular complexity index is 153. The minimum absolute atomic E-state index is 0.255. The van der Waals surface area contributed by atoms with Gasteiger partial charge in [0.25, 0.3) is 0 Å². The Morgan fingerprint density at radius 3 is 2.08 bits per heavy atom. The Morgan fingerprint density at radius 2 is 1.83 bits per heavy atom. The van der Waals surface area contributed by atoms with Gasteiger partial charge in [0, 0.05) is 6.08 Å². The van der Waals surface area contributed by atoms with Crippen LogP contribution in [0, 0.1) is 0 Å². The van der Waals surface area contributed by atoms with Crippen molar-refractivity contribution >= 4 is 5.97 Å². The molecule has 12 heavy (non-hydrogen) atoms. The lowest BCUT2D eigenvalue weighted by molar-refractivity contribution is -0.136. The zero-order chi connectivity index (χ0) is 9.82. The Hall–Kier alpha value is -1.31. The summed E-state index contributed by atoms with van der Waals surface area (Å²) in [6, 6.07) is 0. The van der Waals surface area contributed by atoms with Gasteiger partial charge in [-0.3, -0.25) is 0 Å². The van der Waals surface area contributed by atoms with Crippen LogP contribution >= 0.6 is 0 Å². The summed E-state index contributed by atoms with van der Waals surface area (Å²) in [5.74, 6) is -0.412. The van der Waals surface area contributed by atoms with E-state index in [1.807, 2.05) is 26.0 Å². The zero-order valence-electron chi connectivity index (χ0n) is 7.75. The molecule has 0 aromatic heterocycles. The summed E-state index contributed by atoms with van der Waals surface area (Å²) >= 11 is 0. The third-order valence-electron chi connectivity index (χ3n) is 0.843. The van der Waals surface area contributed by atoms with Gasteiger partial charge < -0.3 is 4.74 Å². The van der Waals surface area contributed by atoms with Crippen molar-refractivity contribution in [1.29, 1.82) is 0 Å². The van der Waals surface area contributed by atoms with Gasteiger partial charge in [-0.1, -0.05) is 31.4 Å². The van der Waals surface area contributed by atoms with Gasteiger partial charge in [-0.05, 0) is 13.8 Å². The lowest BCUT2D eigenvalue weighted by Gasteiger charge is -1.92. The highest BCUT2D eigenvalue weighted by Crippen LogP contribution is 1.77. The van der Waals surface area contributed by atoms with Gasteiger partial charge in [0.15, 0.2) is 0 Å². The SMILES string of the molecule is C=CCOC(=O)C=C.CC=CC. The van der Waals surface area contributed by atoms with Gasteiger partial charge in [-0.15, -0.1) is 0 Å². The average molecular weight is 168 g/mol. The summed E-state index contributed by atoms with van der Waals surface area (Å²) < 4.78 is 4.47. The van der Waals surface area contributed by atoms with Gasteiger partial charge in [-0.2, -0.15) is 0 Å². The molecule has 0 atom stereocenters. The second-order valence-electron chi connectivity index (χ2n) is 1.79. The highest BCUT2D eigenvalue weighted by Gasteiger charge is 1.87. The third-order valence-corrected chi connectivity index (χ3v) is 0.843. The van der Waals surface area contributed by atoms with Crippen molar-refractivity contribution in [3.63, 3.8) is 0 Å². The highest BCUT2D eigenvalue weighted by atomic mass is 16.5. The quantitative estimate of drug-likeness (QED) is 0.367. The molecule has 0 aliphatic carbocycles. The first-order valence-electron chi connectivity index (χ1n) is 3.70. The van der Waals surface area contributed by atoms with Gasteiger partial charge >= 0.3 is 5.97 Å². The molecule has 0 aromatic rings. The Morgan fingerprint density at radius 1 is 1.33 bits per heavy atom. The van der Waals surface area contributed by atoms with E-state index in [-0.39, 0.29) is 6.61 Å². The predicted octanol–water partition coefficient (Wildman–Crippen LogP) is 2.48. The summed E-state index contributed by atoms with van der Waals surface area (Å²) in [5, 5.41) is 0. The number of carbonyl (C=O) groups excluding carboxylic acids is 1. The molecular formula is C10H16O2. The smallest absolute Gasteiger partial charge is 0.330 e. The predicted molar refractivity (Wildman–Crippen MR) is 51.8 cm³/mol. The van der Waals surface area contributed by atoms with Gasteiger partial charge in [0.1, 0.15) is 6.61 Å². The molecule has 0 fully saturated rings. The minimum Gasteiger partial charge on any atom is -0.458 e. The van der Waals surface area contributed by atoms with Crippen molar-refractivity contribution in [3.8, 4) is 0 Å². The van der Waals surface area contributed by atoms with Crippen LogP contribution in [0.2, 0.25) is 0 Å². The van der Waals surface area contributed by atoms with Gasteiger partial charge in [0.05, 0.1) is 0 Å². The molecule has 0 saturated carbocycles. The molecule has 2 heteroatoms. The molecule has 68 valence electrons. The third kappa shape index (κ3) is 15.9. The summed E-state index contributed by atoms with van der Waals surface area (Å²) in [4.78, 5) is 10.2. The molecule has 0 radical (unpaired) electrons. The number of hydrogen-bond donors (Lipinski definition) is 0. The fourth-order valence-electron chi connectivity index (χ4n) is 0.200. The van der Waals surface area contributed by atoms with Crippen molar-refractivity contribution in [3.05, 3.63) is 37.5 Å². The summed E-state index contributed by atoms with van der Waals surface area (Å²) in [5.41, 5.74) is 0. The first-order valence-corrected chi connectivity index (χ1v) is 3.70. The molecule has 0 N–H and O–H groups in total. The second kappa shape index (κ2) is 12.4. The van der Waals surface area contributed by atoms with E-state index in [4.69, 9.17) is 0 Å². The molecule has 0 amide bonds. The van der Waals surface area contributed by atoms with Crippen LogP contribution in [0.1, 0.15) is 13.8 Å². The van der Waals surface area contributed by atoms with E-state index in [2.05, 4.69) is 17.9 Å². The lowest BCUT2D eigenvalue weighted by atomic mass is 10.6. The largest absolute Gasteiger partial charge is 0.458 e. The summed E-state index contributed by atoms with van der Waals surface area (Å²) in [6.07, 6.45) is 6.62. The maximum atomic E-state index is 10.2. The monoisotopic (exact) mass is 168 g/mol. The molecule has 0 aromatic carbocycles. The highest BCUT2D eigenvalue weighted by molar-refractivity contribution is 5.81. The van der Waals surface area contributed by atoms with Crippen molar-refractivity contribution in [2.75, 3.05) is 6.61 Å². The van der Waals surface area contributed by atoms with Crippen LogP contribution in [0.15, 0.2) is 37.5 Å². The van der Waals surface area contributed by atoms with E-state index in [0.717, 1.165) is 6.08 Å². The van der Waals surface area contributed by atoms with E-state index < -0.39 is 5.97 Å². The lowest BCUT2D eigenvalue weighted by Crippen LogP contribution is -1.98. The molecule has 0 aliphatic heterocycles. The van der Waals surface area contributed by atoms with E-state index in [9.17, 15) is 4.79 Å². The van der Waals surface area contributed by atoms with Crippen LogP contribution in [0.3, 0.4) is 0 Å². The van der Waals surface area contributed by atoms with Gasteiger partial charge in [-0.25, -0.2) is 4.79 Å². The fraction of sp³-hybridized carbons (Fsp3) is 0.300. The maximum Gasteiger partial charge on any atom is 0.330 e. The molecule has 0 rings (SSSR count). The molecule has 2 nitrogen and oxygen atoms in total. The number of hydrogen-bond acceptors (Lipinski definition) is 2. The topological polar surface area (TPSA) is 26.3 Å². The standard InChI is InChI=1S/C6H8O2.C4H8/c1-3-5-8-6(7)4-2;1-3-4-2/h3-4H,1-2,5H2;3-4H,1-2H3. The molecule has 0 heterocycles. The van der Waals surface area contributed by atoms with E-state index in [0.29, 0.717) is 0 Å². The summed E-state index contributed by atoms with van der Waals surface area (Å²) in [6.45, 7) is 10.8. The first kappa shape index (κ1) is 13.3. The molecule has 0 aliphatic rings. The Balaban J connectivity index is 0. The molecule has 0 saturated heterocycles. The van der Waals surface area contributed by atoms with E-state index in [1.165, 1.54) is 6.08 Å². The Kier molecular flexibility index (Phi) is 13.7. The second-order valence-corrected chi connectivity index (χ2v) is 1.79. The van der Waals surface area contributed by atoms with Crippen molar-refractivity contribution in [2.45, 2.75) is 13.8 Å². The average Bonchev–Trinajstić information content (AvgIpc) is 2.14. The number of allylic oxidation sites excluding steroid dienone is 2. The zero-order valence-corrected chi connectivity index (χ0v) is 7.75. The normalized spacial score (nSPS) is 8.17. The summed E-state index contributed by atoms with van der Waals surface area (Å²) in [7, 11) is 0. The Labute approximate surface area is 74.2 Å². The number of ether oxygens (including phenoxy) is 1. The molecule has 0 bridgehead atoms. The van der Waals surface area contributed by atoms with Crippen molar-refractivity contribution < 1.29 is 9.53 Å². The number of rotatable bonds is 3. The maximum absolute atomic E-state index is 10.2. The molecule has 0 unspecified atom stereocenters. The minimum atomic E-state index is -0.412. The van der Waals surface area contributed by atoms with Crippen LogP contribution in [-0.2, 0) is 9.53 Å². The van der Waals surface area contributed by atoms with Crippen molar-refractivity contribution in [1.82, 2.24) is 0 Å². The molecule has 0 spiro atoms. The van der Waals surface area contributed by atoms with Crippen LogP contribution in [-0.4, -0.2) is 12.6 Å². The molecular weight excluding hydrogens is 152 g/mol. The number of esters is 1. The van der Waals surface area contributed by atoms with Crippen LogP contribution in [0.5, 0.6) is 0 Å². The van der Waals surface area contributed by atoms with Crippen LogP contribution in [0.4, 0.5) is 0 Å². The van der Waals surface area contributed by atoms with E-state index in [1.54, 1.807) is 0 Å². The van der Waals surface area contributed by atoms with Gasteiger partial charge in [0.2, 0.25) is 0 Å². The number of carbonyl (C=O) groups is 1.